The largest absolute Gasteiger partial charge is 0.480 e. The van der Waals surface area contributed by atoms with E-state index in [4.69, 9.17) is 16.3 Å². The van der Waals surface area contributed by atoms with Crippen molar-refractivity contribution < 1.29 is 28.0 Å². The predicted molar refractivity (Wildman–Crippen MR) is 134 cm³/mol. The Kier molecular flexibility index (Phi) is 9.32. The summed E-state index contributed by atoms with van der Waals surface area (Å²) in [4.78, 5) is 38.0. The van der Waals surface area contributed by atoms with E-state index in [1.54, 1.807) is 30.5 Å². The number of guanidine groups is 1. The number of nitrogens with two attached hydrogens (primary N) is 2. The molecule has 2 aromatic rings. The van der Waals surface area contributed by atoms with Crippen LogP contribution in [0.2, 0.25) is 0 Å². The van der Waals surface area contributed by atoms with Gasteiger partial charge in [0.1, 0.15) is 22.1 Å². The number of pyridine rings is 1. The fourth-order valence-corrected chi connectivity index (χ4v) is 5.73. The minimum Gasteiger partial charge on any atom is -0.480 e. The SMILES string of the molecule is NC(N)=NCCCCC1CC(C(=O)NC[C@H](NS(=O)(=O)c2ccc(-c3ccccn3)s2)C(=O)O)=NO1. The molecule has 15 heteroatoms. The standard InChI is InChI=1S/C21H27N7O6S2/c22-21(23)25-10-3-1-5-13-11-15(27-34-13)19(29)26-12-16(20(30)31)28-36(32,33)18-8-7-17(35-18)14-6-2-4-9-24-14/h2,4,6-9,13,16,28H,1,3,5,10-12H2,(H,26,29)(H,30,31)(H4,22,23,25)/t13?,16-/m0/s1. The summed E-state index contributed by atoms with van der Waals surface area (Å²) in [5, 5.41) is 15.7. The second-order valence-electron chi connectivity index (χ2n) is 7.83. The lowest BCUT2D eigenvalue weighted by Crippen LogP contribution is -2.49. The molecule has 0 saturated heterocycles. The number of carboxylic acids is 1. The number of aliphatic carboxylic acids is 1. The Morgan fingerprint density at radius 3 is 2.75 bits per heavy atom. The summed E-state index contributed by atoms with van der Waals surface area (Å²) in [6, 6.07) is 6.62. The molecule has 0 radical (unpaired) electrons. The molecule has 36 heavy (non-hydrogen) atoms. The molecule has 0 bridgehead atoms. The third kappa shape index (κ3) is 7.73. The van der Waals surface area contributed by atoms with Crippen LogP contribution in [-0.2, 0) is 24.4 Å². The monoisotopic (exact) mass is 537 g/mol. The lowest BCUT2D eigenvalue weighted by molar-refractivity contribution is -0.138. The Balaban J connectivity index is 1.50. The Labute approximate surface area is 211 Å². The average Bonchev–Trinajstić information content (AvgIpc) is 3.52. The second-order valence-corrected chi connectivity index (χ2v) is 10.9. The van der Waals surface area contributed by atoms with Crippen molar-refractivity contribution in [3.05, 3.63) is 36.5 Å². The van der Waals surface area contributed by atoms with E-state index in [0.29, 0.717) is 23.5 Å². The van der Waals surface area contributed by atoms with Gasteiger partial charge in [0, 0.05) is 25.7 Å². The van der Waals surface area contributed by atoms with E-state index < -0.39 is 34.5 Å². The van der Waals surface area contributed by atoms with E-state index in [1.807, 2.05) is 0 Å². The molecule has 13 nitrogen and oxygen atoms in total. The second kappa shape index (κ2) is 12.4. The number of aromatic nitrogens is 1. The zero-order valence-electron chi connectivity index (χ0n) is 19.2. The third-order valence-corrected chi connectivity index (χ3v) is 8.12. The fourth-order valence-electron chi connectivity index (χ4n) is 3.24. The molecule has 0 spiro atoms. The smallest absolute Gasteiger partial charge is 0.323 e. The molecule has 2 aromatic heterocycles. The summed E-state index contributed by atoms with van der Waals surface area (Å²) < 4.78 is 27.6. The summed E-state index contributed by atoms with van der Waals surface area (Å²) in [5.74, 6) is -2.04. The minimum absolute atomic E-state index is 0.0287. The zero-order valence-corrected chi connectivity index (χ0v) is 20.8. The van der Waals surface area contributed by atoms with Gasteiger partial charge in [-0.25, -0.2) is 8.42 Å². The Morgan fingerprint density at radius 2 is 2.06 bits per heavy atom. The van der Waals surface area contributed by atoms with E-state index in [2.05, 4.69) is 25.2 Å². The van der Waals surface area contributed by atoms with Gasteiger partial charge in [0.15, 0.2) is 5.96 Å². The van der Waals surface area contributed by atoms with Gasteiger partial charge in [-0.2, -0.15) is 4.72 Å². The zero-order chi connectivity index (χ0) is 26.1. The number of nitrogens with one attached hydrogen (secondary N) is 2. The van der Waals surface area contributed by atoms with Crippen molar-refractivity contribution in [2.45, 2.75) is 42.0 Å². The number of amides is 1. The van der Waals surface area contributed by atoms with Crippen molar-refractivity contribution in [1.82, 2.24) is 15.0 Å². The van der Waals surface area contributed by atoms with Gasteiger partial charge in [-0.05, 0) is 43.5 Å². The molecule has 1 aliphatic heterocycles. The van der Waals surface area contributed by atoms with E-state index in [0.717, 1.165) is 24.2 Å². The lowest BCUT2D eigenvalue weighted by atomic mass is 10.1. The number of sulfonamides is 1. The molecule has 1 amide bonds. The number of unbranched alkanes of at least 4 members (excludes halogenated alkanes) is 1. The van der Waals surface area contributed by atoms with Crippen molar-refractivity contribution in [3.63, 3.8) is 0 Å². The summed E-state index contributed by atoms with van der Waals surface area (Å²) in [6.07, 6.45) is 3.70. The van der Waals surface area contributed by atoms with Crippen molar-refractivity contribution >= 4 is 44.9 Å². The number of carboxylic acid groups (broad SMARTS) is 1. The highest BCUT2D eigenvalue weighted by Gasteiger charge is 2.30. The quantitative estimate of drug-likeness (QED) is 0.134. The van der Waals surface area contributed by atoms with Crippen LogP contribution in [0.4, 0.5) is 0 Å². The van der Waals surface area contributed by atoms with Gasteiger partial charge in [-0.15, -0.1) is 11.3 Å². The Morgan fingerprint density at radius 1 is 1.25 bits per heavy atom. The van der Waals surface area contributed by atoms with E-state index in [9.17, 15) is 23.1 Å². The van der Waals surface area contributed by atoms with Gasteiger partial charge in [0.2, 0.25) is 0 Å². The van der Waals surface area contributed by atoms with Gasteiger partial charge in [-0.3, -0.25) is 19.6 Å². The van der Waals surface area contributed by atoms with Gasteiger partial charge < -0.3 is 26.7 Å². The van der Waals surface area contributed by atoms with Crippen molar-refractivity contribution in [2.75, 3.05) is 13.1 Å². The first-order valence-corrected chi connectivity index (χ1v) is 13.3. The number of oxime groups is 1. The summed E-state index contributed by atoms with van der Waals surface area (Å²) in [7, 11) is -4.16. The summed E-state index contributed by atoms with van der Waals surface area (Å²) in [5.41, 5.74) is 11.2. The normalized spacial score (nSPS) is 16.0. The van der Waals surface area contributed by atoms with Crippen LogP contribution < -0.4 is 21.5 Å². The van der Waals surface area contributed by atoms with Crippen LogP contribution in [0.15, 0.2) is 50.9 Å². The highest BCUT2D eigenvalue weighted by molar-refractivity contribution is 7.91. The number of nitrogens with zero attached hydrogens (tertiary/aromatic N) is 3. The molecule has 1 unspecified atom stereocenters. The van der Waals surface area contributed by atoms with E-state index in [-0.39, 0.29) is 28.4 Å². The fraction of sp³-hybridized carbons (Fsp3) is 0.381. The molecule has 3 heterocycles. The number of carbonyl (C=O) groups excluding carboxylic acids is 1. The molecule has 7 N–H and O–H groups in total. The maximum Gasteiger partial charge on any atom is 0.323 e. The number of aliphatic imine (C=N–C) groups is 1. The van der Waals surface area contributed by atoms with Crippen LogP contribution in [0.1, 0.15) is 25.7 Å². The maximum absolute atomic E-state index is 12.8. The molecule has 0 aliphatic carbocycles. The van der Waals surface area contributed by atoms with Crippen LogP contribution in [0.3, 0.4) is 0 Å². The third-order valence-electron chi connectivity index (χ3n) is 5.05. The first-order valence-electron chi connectivity index (χ1n) is 11.0. The van der Waals surface area contributed by atoms with Crippen LogP contribution in [0.5, 0.6) is 0 Å². The summed E-state index contributed by atoms with van der Waals surface area (Å²) >= 11 is 0.954. The van der Waals surface area contributed by atoms with Crippen LogP contribution >= 0.6 is 11.3 Å². The lowest BCUT2D eigenvalue weighted by Gasteiger charge is -2.14. The van der Waals surface area contributed by atoms with Crippen molar-refractivity contribution in [2.24, 2.45) is 21.6 Å². The number of hydrogen-bond donors (Lipinski definition) is 5. The van der Waals surface area contributed by atoms with Crippen LogP contribution in [-0.4, -0.2) is 67.3 Å². The number of rotatable bonds is 13. The molecule has 3 rings (SSSR count). The van der Waals surface area contributed by atoms with Gasteiger partial charge in [0.25, 0.3) is 15.9 Å². The number of thiophene rings is 1. The van der Waals surface area contributed by atoms with Crippen molar-refractivity contribution in [1.29, 1.82) is 0 Å². The highest BCUT2D eigenvalue weighted by atomic mass is 32.2. The Bertz CT molecular complexity index is 1230. The maximum atomic E-state index is 12.8. The molecular formula is C21H27N7O6S2. The van der Waals surface area contributed by atoms with Gasteiger partial charge in [-0.1, -0.05) is 11.2 Å². The van der Waals surface area contributed by atoms with Gasteiger partial charge >= 0.3 is 5.97 Å². The molecule has 2 atom stereocenters. The van der Waals surface area contributed by atoms with Crippen molar-refractivity contribution in [3.8, 4) is 10.6 Å². The highest BCUT2D eigenvalue weighted by Crippen LogP contribution is 2.29. The number of carbonyl (C=O) groups is 2. The first kappa shape index (κ1) is 27.0. The molecule has 0 saturated carbocycles. The van der Waals surface area contributed by atoms with Gasteiger partial charge in [0.05, 0.1) is 10.6 Å². The van der Waals surface area contributed by atoms with Crippen LogP contribution in [0, 0.1) is 0 Å². The Hall–Kier alpha value is -3.56. The van der Waals surface area contributed by atoms with Crippen LogP contribution in [0.25, 0.3) is 10.6 Å². The topological polar surface area (TPSA) is 211 Å². The van der Waals surface area contributed by atoms with E-state index in [1.165, 1.54) is 6.07 Å². The molecule has 0 fully saturated rings. The summed E-state index contributed by atoms with van der Waals surface area (Å²) in [6.45, 7) is 0.0136. The molecule has 194 valence electrons. The first-order chi connectivity index (χ1) is 17.2. The average molecular weight is 538 g/mol. The minimum atomic E-state index is -4.16. The molecule has 0 aromatic carbocycles. The molecular weight excluding hydrogens is 510 g/mol. The number of hydrogen-bond acceptors (Lipinski definition) is 9. The predicted octanol–water partition coefficient (Wildman–Crippen LogP) is 0.246. The van der Waals surface area contributed by atoms with E-state index >= 15 is 0 Å². The molecule has 1 aliphatic rings.